The van der Waals surface area contributed by atoms with Gasteiger partial charge in [-0.3, -0.25) is 9.36 Å². The third-order valence-corrected chi connectivity index (χ3v) is 5.79. The van der Waals surface area contributed by atoms with Gasteiger partial charge in [0.05, 0.1) is 11.4 Å². The van der Waals surface area contributed by atoms with Crippen molar-refractivity contribution in [3.63, 3.8) is 0 Å². The van der Waals surface area contributed by atoms with Crippen LogP contribution in [0, 0.1) is 0 Å². The van der Waals surface area contributed by atoms with Crippen LogP contribution in [-0.4, -0.2) is 10.5 Å². The summed E-state index contributed by atoms with van der Waals surface area (Å²) < 4.78 is 1.72. The molecule has 0 bridgehead atoms. The smallest absolute Gasteiger partial charge is 0.264 e. The highest BCUT2D eigenvalue weighted by atomic mass is 79.9. The number of aromatic nitrogens is 1. The maximum absolute atomic E-state index is 13.4. The molecule has 158 valence electrons. The Bertz CT molecular complexity index is 1220. The SMILES string of the molecule is Br.CC(C)(C)c1ccc(-c2csc(=Nc3ccccc3)n2C(=O)c2ccccc2)cc1. The zero-order valence-electron chi connectivity index (χ0n) is 17.8. The molecule has 0 saturated heterocycles. The third kappa shape index (κ3) is 5.12. The summed E-state index contributed by atoms with van der Waals surface area (Å²) in [5.41, 5.74) is 4.65. The van der Waals surface area contributed by atoms with Gasteiger partial charge < -0.3 is 0 Å². The van der Waals surface area contributed by atoms with Gasteiger partial charge in [0.1, 0.15) is 0 Å². The lowest BCUT2D eigenvalue weighted by Gasteiger charge is -2.19. The molecule has 0 radical (unpaired) electrons. The first-order valence-electron chi connectivity index (χ1n) is 9.94. The number of carbonyl (C=O) groups excluding carboxylic acids is 1. The molecule has 5 heteroatoms. The standard InChI is InChI=1S/C26H24N2OS.BrH/c1-26(2,3)21-16-14-19(15-17-21)23-18-30-25(27-22-12-8-5-9-13-22)28(23)24(29)20-10-6-4-7-11-20;/h4-18H,1-3H3;1H. The van der Waals surface area contributed by atoms with Crippen LogP contribution in [0.25, 0.3) is 11.3 Å². The number of hydrogen-bond acceptors (Lipinski definition) is 3. The molecule has 4 aromatic rings. The highest BCUT2D eigenvalue weighted by Crippen LogP contribution is 2.27. The Morgan fingerprint density at radius 1 is 0.839 bits per heavy atom. The van der Waals surface area contributed by atoms with Crippen molar-refractivity contribution in [2.75, 3.05) is 0 Å². The third-order valence-electron chi connectivity index (χ3n) is 4.96. The summed E-state index contributed by atoms with van der Waals surface area (Å²) in [6.45, 7) is 6.59. The number of halogens is 1. The predicted octanol–water partition coefficient (Wildman–Crippen LogP) is 7.01. The van der Waals surface area contributed by atoms with Crippen LogP contribution >= 0.6 is 28.3 Å². The number of hydrogen-bond donors (Lipinski definition) is 0. The summed E-state index contributed by atoms with van der Waals surface area (Å²) in [5, 5.41) is 2.01. The summed E-state index contributed by atoms with van der Waals surface area (Å²) in [5.74, 6) is -0.0820. The molecule has 1 aromatic heterocycles. The molecule has 0 unspecified atom stereocenters. The molecule has 0 saturated carbocycles. The lowest BCUT2D eigenvalue weighted by molar-refractivity contribution is 0.0959. The molecule has 1 heterocycles. The molecule has 31 heavy (non-hydrogen) atoms. The number of benzene rings is 3. The molecule has 0 atom stereocenters. The number of rotatable bonds is 3. The Kier molecular flexibility index (Phi) is 7.08. The van der Waals surface area contributed by atoms with Gasteiger partial charge in [-0.05, 0) is 40.8 Å². The molecule has 0 amide bonds. The maximum Gasteiger partial charge on any atom is 0.264 e. The Morgan fingerprint density at radius 2 is 1.42 bits per heavy atom. The van der Waals surface area contributed by atoms with E-state index in [2.05, 4.69) is 45.0 Å². The first-order chi connectivity index (χ1) is 14.4. The molecule has 0 N–H and O–H groups in total. The number of nitrogens with zero attached hydrogens (tertiary/aromatic N) is 2. The molecule has 0 aliphatic heterocycles. The summed E-state index contributed by atoms with van der Waals surface area (Å²) in [6.07, 6.45) is 0. The fourth-order valence-corrected chi connectivity index (χ4v) is 4.15. The van der Waals surface area contributed by atoms with E-state index in [9.17, 15) is 4.79 Å². The molecular formula is C26H25BrN2OS. The Balaban J connectivity index is 0.00000272. The van der Waals surface area contributed by atoms with E-state index in [4.69, 9.17) is 4.99 Å². The van der Waals surface area contributed by atoms with Crippen molar-refractivity contribution in [1.29, 1.82) is 0 Å². The van der Waals surface area contributed by atoms with Crippen LogP contribution in [0.15, 0.2) is 95.3 Å². The normalized spacial score (nSPS) is 11.8. The average Bonchev–Trinajstić information content (AvgIpc) is 3.17. The maximum atomic E-state index is 13.4. The van der Waals surface area contributed by atoms with Crippen LogP contribution in [0.2, 0.25) is 0 Å². The minimum absolute atomic E-state index is 0. The van der Waals surface area contributed by atoms with Crippen molar-refractivity contribution >= 4 is 39.9 Å². The molecule has 0 aliphatic carbocycles. The molecule has 3 nitrogen and oxygen atoms in total. The Labute approximate surface area is 197 Å². The Morgan fingerprint density at radius 3 is 2.00 bits per heavy atom. The number of carbonyl (C=O) groups is 1. The van der Waals surface area contributed by atoms with E-state index in [1.165, 1.54) is 16.9 Å². The summed E-state index contributed by atoms with van der Waals surface area (Å²) >= 11 is 1.47. The highest BCUT2D eigenvalue weighted by Gasteiger charge is 2.18. The van der Waals surface area contributed by atoms with Crippen molar-refractivity contribution in [2.45, 2.75) is 26.2 Å². The minimum atomic E-state index is -0.0820. The van der Waals surface area contributed by atoms with Gasteiger partial charge in [0.25, 0.3) is 5.91 Å². The second-order valence-electron chi connectivity index (χ2n) is 8.18. The van der Waals surface area contributed by atoms with E-state index in [0.717, 1.165) is 16.9 Å². The fourth-order valence-electron chi connectivity index (χ4n) is 3.25. The average molecular weight is 493 g/mol. The molecule has 0 aliphatic rings. The van der Waals surface area contributed by atoms with E-state index in [0.29, 0.717) is 10.4 Å². The lowest BCUT2D eigenvalue weighted by atomic mass is 9.86. The van der Waals surface area contributed by atoms with Crippen molar-refractivity contribution in [1.82, 2.24) is 4.57 Å². The van der Waals surface area contributed by atoms with Gasteiger partial charge in [-0.25, -0.2) is 4.99 Å². The highest BCUT2D eigenvalue weighted by molar-refractivity contribution is 8.93. The molecule has 0 spiro atoms. The van der Waals surface area contributed by atoms with Crippen LogP contribution in [0.1, 0.15) is 36.7 Å². The summed E-state index contributed by atoms with van der Waals surface area (Å²) in [7, 11) is 0. The number of thiazole rings is 1. The van der Waals surface area contributed by atoms with Crippen LogP contribution in [0.3, 0.4) is 0 Å². The molecule has 4 rings (SSSR count). The second kappa shape index (κ2) is 9.58. The van der Waals surface area contributed by atoms with Crippen LogP contribution < -0.4 is 4.80 Å². The zero-order chi connectivity index (χ0) is 21.1. The van der Waals surface area contributed by atoms with Gasteiger partial charge in [0.15, 0.2) is 4.80 Å². The van der Waals surface area contributed by atoms with Gasteiger partial charge >= 0.3 is 0 Å². The van der Waals surface area contributed by atoms with Gasteiger partial charge in [-0.2, -0.15) is 0 Å². The molecule has 0 fully saturated rings. The van der Waals surface area contributed by atoms with E-state index in [-0.39, 0.29) is 28.3 Å². The van der Waals surface area contributed by atoms with Crippen molar-refractivity contribution in [3.05, 3.63) is 106 Å². The van der Waals surface area contributed by atoms with Crippen molar-refractivity contribution in [3.8, 4) is 11.3 Å². The molecule has 3 aromatic carbocycles. The fraction of sp³-hybridized carbons (Fsp3) is 0.154. The van der Waals surface area contributed by atoms with Gasteiger partial charge in [-0.1, -0.05) is 81.4 Å². The minimum Gasteiger partial charge on any atom is -0.268 e. The molecular weight excluding hydrogens is 468 g/mol. The van der Waals surface area contributed by atoms with Gasteiger partial charge in [-0.15, -0.1) is 28.3 Å². The first-order valence-corrected chi connectivity index (χ1v) is 10.8. The largest absolute Gasteiger partial charge is 0.268 e. The van der Waals surface area contributed by atoms with Gasteiger partial charge in [0, 0.05) is 10.9 Å². The van der Waals surface area contributed by atoms with Gasteiger partial charge in [0.2, 0.25) is 0 Å². The van der Waals surface area contributed by atoms with E-state index >= 15 is 0 Å². The van der Waals surface area contributed by atoms with E-state index < -0.39 is 0 Å². The lowest BCUT2D eigenvalue weighted by Crippen LogP contribution is -2.24. The summed E-state index contributed by atoms with van der Waals surface area (Å²) in [4.78, 5) is 18.9. The topological polar surface area (TPSA) is 34.4 Å². The van der Waals surface area contributed by atoms with Crippen LogP contribution in [0.5, 0.6) is 0 Å². The predicted molar refractivity (Wildman–Crippen MR) is 135 cm³/mol. The van der Waals surface area contributed by atoms with Crippen molar-refractivity contribution < 1.29 is 4.79 Å². The van der Waals surface area contributed by atoms with Crippen LogP contribution in [0.4, 0.5) is 5.69 Å². The monoisotopic (exact) mass is 492 g/mol. The van der Waals surface area contributed by atoms with E-state index in [1.807, 2.05) is 66.0 Å². The first kappa shape index (κ1) is 22.9. The zero-order valence-corrected chi connectivity index (χ0v) is 20.3. The van der Waals surface area contributed by atoms with Crippen molar-refractivity contribution in [2.24, 2.45) is 4.99 Å². The Hall–Kier alpha value is -2.76. The van der Waals surface area contributed by atoms with Crippen LogP contribution in [-0.2, 0) is 5.41 Å². The second-order valence-corrected chi connectivity index (χ2v) is 9.02. The summed E-state index contributed by atoms with van der Waals surface area (Å²) in [6, 6.07) is 27.5. The number of para-hydroxylation sites is 1. The quantitative estimate of drug-likeness (QED) is 0.302. The van der Waals surface area contributed by atoms with E-state index in [1.54, 1.807) is 4.57 Å².